The van der Waals surface area contributed by atoms with Crippen molar-refractivity contribution in [1.82, 2.24) is 29.4 Å². The molecule has 5 rings (SSSR count). The Kier molecular flexibility index (Phi) is 7.95. The molecule has 1 N–H and O–H groups in total. The van der Waals surface area contributed by atoms with E-state index in [1.54, 1.807) is 48.1 Å². The van der Waals surface area contributed by atoms with Crippen molar-refractivity contribution in [3.8, 4) is 5.75 Å². The summed E-state index contributed by atoms with van der Waals surface area (Å²) in [5.74, 6) is -0.457. The average molecular weight is 585 g/mol. The molecule has 1 unspecified atom stereocenters. The summed E-state index contributed by atoms with van der Waals surface area (Å²) in [6.45, 7) is -0.0452. The number of piperazine rings is 1. The van der Waals surface area contributed by atoms with E-state index < -0.39 is 29.9 Å². The highest BCUT2D eigenvalue weighted by Crippen LogP contribution is 2.33. The minimum absolute atomic E-state index is 0.00126. The number of hydrogen-bond donors (Lipinski definition) is 1. The summed E-state index contributed by atoms with van der Waals surface area (Å²) in [6.07, 6.45) is -2.31. The summed E-state index contributed by atoms with van der Waals surface area (Å²) in [6, 6.07) is 10.5. The summed E-state index contributed by atoms with van der Waals surface area (Å²) >= 11 is 0. The number of halogens is 3. The molecule has 2 atom stereocenters. The Morgan fingerprint density at radius 3 is 2.45 bits per heavy atom. The van der Waals surface area contributed by atoms with Crippen molar-refractivity contribution in [3.05, 3.63) is 83.4 Å². The van der Waals surface area contributed by atoms with Gasteiger partial charge in [0.1, 0.15) is 23.8 Å². The molecule has 13 heteroatoms. The third-order valence-electron chi connectivity index (χ3n) is 7.74. The highest BCUT2D eigenvalue weighted by Gasteiger charge is 2.50. The van der Waals surface area contributed by atoms with Crippen molar-refractivity contribution in [2.75, 3.05) is 20.1 Å². The molecule has 2 fully saturated rings. The van der Waals surface area contributed by atoms with Crippen LogP contribution in [0.4, 0.5) is 13.2 Å². The fraction of sp³-hybridized carbons (Fsp3) is 0.379. The first-order valence-corrected chi connectivity index (χ1v) is 13.5. The van der Waals surface area contributed by atoms with Crippen LogP contribution in [0.1, 0.15) is 28.9 Å². The summed E-state index contributed by atoms with van der Waals surface area (Å²) in [5, 5.41) is 12.6. The van der Waals surface area contributed by atoms with Crippen LogP contribution in [-0.2, 0) is 47.0 Å². The van der Waals surface area contributed by atoms with Crippen LogP contribution in [0, 0.1) is 0 Å². The zero-order valence-corrected chi connectivity index (χ0v) is 23.2. The lowest BCUT2D eigenvalue weighted by Crippen LogP contribution is -2.75. The summed E-state index contributed by atoms with van der Waals surface area (Å²) in [7, 11) is 3.37. The number of phenolic OH excluding ortho intramolecular Hbond substituents is 1. The number of hydrogen-bond acceptors (Lipinski definition) is 6. The topological polar surface area (TPSA) is 102 Å². The van der Waals surface area contributed by atoms with Gasteiger partial charge < -0.3 is 19.5 Å². The third kappa shape index (κ3) is 5.82. The van der Waals surface area contributed by atoms with Gasteiger partial charge in [0.25, 0.3) is 0 Å². The van der Waals surface area contributed by atoms with Crippen LogP contribution in [0.5, 0.6) is 5.75 Å². The lowest BCUT2D eigenvalue weighted by molar-refractivity contribution is -0.203. The van der Waals surface area contributed by atoms with Crippen LogP contribution in [0.15, 0.2) is 60.9 Å². The Hall–Kier alpha value is -4.39. The maximum Gasteiger partial charge on any atom is 0.416 e. The molecule has 1 aromatic heterocycles. The number of aromatic nitrogens is 2. The van der Waals surface area contributed by atoms with Gasteiger partial charge in [0.15, 0.2) is 0 Å². The number of aromatic hydroxyl groups is 1. The number of aryl methyl sites for hydroxylation is 2. The molecule has 3 heterocycles. The first-order chi connectivity index (χ1) is 19.9. The van der Waals surface area contributed by atoms with Gasteiger partial charge in [-0.25, -0.2) is 9.99 Å². The molecule has 0 saturated carbocycles. The number of nitrogens with zero attached hydrogens (tertiary/aromatic N) is 6. The van der Waals surface area contributed by atoms with Gasteiger partial charge >= 0.3 is 6.18 Å². The molecule has 0 bridgehead atoms. The van der Waals surface area contributed by atoms with E-state index in [0.717, 1.165) is 6.07 Å². The van der Waals surface area contributed by atoms with Gasteiger partial charge in [0.05, 0.1) is 25.2 Å². The van der Waals surface area contributed by atoms with E-state index >= 15 is 0 Å². The fourth-order valence-electron chi connectivity index (χ4n) is 5.66. The predicted molar refractivity (Wildman–Crippen MR) is 144 cm³/mol. The van der Waals surface area contributed by atoms with Gasteiger partial charge in [-0.05, 0) is 35.7 Å². The summed E-state index contributed by atoms with van der Waals surface area (Å²) in [5.41, 5.74) is -0.0800. The predicted octanol–water partition coefficient (Wildman–Crippen LogP) is 2.57. The van der Waals surface area contributed by atoms with Crippen molar-refractivity contribution < 1.29 is 32.7 Å². The Balaban J connectivity index is 1.45. The maximum absolute atomic E-state index is 13.9. The molecule has 0 spiro atoms. The summed E-state index contributed by atoms with van der Waals surface area (Å²) < 4.78 is 42.4. The van der Waals surface area contributed by atoms with Crippen LogP contribution < -0.4 is 0 Å². The minimum atomic E-state index is -4.55. The number of fused-ring (bicyclic) bond motifs is 1. The van der Waals surface area contributed by atoms with E-state index in [2.05, 4.69) is 4.98 Å². The Morgan fingerprint density at radius 2 is 1.79 bits per heavy atom. The molecule has 2 aromatic carbocycles. The number of imidazole rings is 1. The normalized spacial score (nSPS) is 19.8. The minimum Gasteiger partial charge on any atom is -0.508 e. The van der Waals surface area contributed by atoms with Gasteiger partial charge in [-0.2, -0.15) is 13.2 Å². The monoisotopic (exact) mass is 584 g/mol. The fourth-order valence-corrected chi connectivity index (χ4v) is 5.66. The lowest BCUT2D eigenvalue weighted by Gasteiger charge is -2.54. The quantitative estimate of drug-likeness (QED) is 0.458. The molecule has 2 aliphatic rings. The number of carbonyl (C=O) groups is 3. The maximum atomic E-state index is 13.9. The van der Waals surface area contributed by atoms with Gasteiger partial charge in [-0.15, -0.1) is 0 Å². The van der Waals surface area contributed by atoms with Gasteiger partial charge in [-0.3, -0.25) is 19.4 Å². The summed E-state index contributed by atoms with van der Waals surface area (Å²) in [4.78, 5) is 48.3. The van der Waals surface area contributed by atoms with Gasteiger partial charge in [-0.1, -0.05) is 30.3 Å². The number of benzene rings is 2. The van der Waals surface area contributed by atoms with Crippen molar-refractivity contribution in [3.63, 3.8) is 0 Å². The van der Waals surface area contributed by atoms with E-state index in [9.17, 15) is 32.7 Å². The van der Waals surface area contributed by atoms with Gasteiger partial charge in [0.2, 0.25) is 17.7 Å². The molecule has 3 aromatic rings. The Morgan fingerprint density at radius 1 is 1.07 bits per heavy atom. The average Bonchev–Trinajstić information content (AvgIpc) is 3.34. The van der Waals surface area contributed by atoms with Gasteiger partial charge in [0, 0.05) is 39.3 Å². The molecule has 10 nitrogen and oxygen atoms in total. The van der Waals surface area contributed by atoms with Crippen LogP contribution >= 0.6 is 0 Å². The molecule has 2 saturated heterocycles. The zero-order chi connectivity index (χ0) is 30.2. The molecular weight excluding hydrogens is 553 g/mol. The molecule has 222 valence electrons. The number of likely N-dealkylation sites (N-methyl/N-ethyl adjacent to an activating group) is 1. The molecule has 42 heavy (non-hydrogen) atoms. The highest BCUT2D eigenvalue weighted by molar-refractivity contribution is 5.91. The Labute approximate surface area is 240 Å². The SMILES string of the molecule is CN1CC(=O)N2C(CN(Cc3nccn3C)C(=O)[C@@H]2Cc2ccc(O)cc2)N1C(=O)CCc1ccccc1C(F)(F)F. The molecule has 0 radical (unpaired) electrons. The third-order valence-corrected chi connectivity index (χ3v) is 7.74. The first kappa shape index (κ1) is 29.1. The van der Waals surface area contributed by atoms with Crippen molar-refractivity contribution in [2.45, 2.75) is 44.2 Å². The van der Waals surface area contributed by atoms with Crippen LogP contribution in [0.25, 0.3) is 0 Å². The second-order valence-corrected chi connectivity index (χ2v) is 10.6. The molecule has 0 aliphatic carbocycles. The number of hydrazine groups is 1. The van der Waals surface area contributed by atoms with E-state index in [1.807, 2.05) is 0 Å². The number of amides is 3. The van der Waals surface area contributed by atoms with Crippen LogP contribution in [0.2, 0.25) is 0 Å². The van der Waals surface area contributed by atoms with E-state index in [4.69, 9.17) is 0 Å². The molecule has 3 amide bonds. The molecule has 2 aliphatic heterocycles. The van der Waals surface area contributed by atoms with E-state index in [0.29, 0.717) is 11.4 Å². The molecular formula is C29H31F3N6O4. The smallest absolute Gasteiger partial charge is 0.416 e. The number of rotatable bonds is 7. The lowest BCUT2D eigenvalue weighted by atomic mass is 9.98. The van der Waals surface area contributed by atoms with Crippen molar-refractivity contribution in [2.24, 2.45) is 7.05 Å². The van der Waals surface area contributed by atoms with Crippen molar-refractivity contribution in [1.29, 1.82) is 0 Å². The second kappa shape index (κ2) is 11.5. The van der Waals surface area contributed by atoms with E-state index in [1.165, 1.54) is 45.2 Å². The highest BCUT2D eigenvalue weighted by atomic mass is 19.4. The van der Waals surface area contributed by atoms with E-state index in [-0.39, 0.29) is 62.0 Å². The Bertz CT molecular complexity index is 1470. The standard InChI is InChI=1S/C29H31F3N6O4/c1-34-14-13-33-24(34)16-36-17-25-37(23(28(36)42)15-19-7-10-21(39)11-8-19)27(41)18-35(2)38(25)26(40)12-9-20-5-3-4-6-22(20)29(30,31)32/h3-8,10-11,13-14,23,25,39H,9,12,15-18H2,1-2H3/t23-,25?/m0/s1. The van der Waals surface area contributed by atoms with Crippen LogP contribution in [-0.4, -0.2) is 84.5 Å². The number of phenols is 1. The second-order valence-electron chi connectivity index (χ2n) is 10.6. The number of alkyl halides is 3. The first-order valence-electron chi connectivity index (χ1n) is 13.5. The van der Waals surface area contributed by atoms with Crippen molar-refractivity contribution >= 4 is 17.7 Å². The van der Waals surface area contributed by atoms with Crippen LogP contribution in [0.3, 0.4) is 0 Å². The zero-order valence-electron chi connectivity index (χ0n) is 23.2. The number of carbonyl (C=O) groups excluding carboxylic acids is 3. The largest absolute Gasteiger partial charge is 0.508 e.